The topological polar surface area (TPSA) is 52.6 Å². The van der Waals surface area contributed by atoms with E-state index in [1.54, 1.807) is 0 Å². The SMILES string of the molecule is CC(C)N(CCCO)C(=O)C1(C)CCCNC1. The van der Waals surface area contributed by atoms with Gasteiger partial charge in [-0.3, -0.25) is 4.79 Å². The van der Waals surface area contributed by atoms with E-state index in [2.05, 4.69) is 12.2 Å². The highest BCUT2D eigenvalue weighted by Crippen LogP contribution is 2.28. The van der Waals surface area contributed by atoms with Crippen LogP contribution >= 0.6 is 0 Å². The van der Waals surface area contributed by atoms with Crippen molar-refractivity contribution in [2.24, 2.45) is 5.41 Å². The molecule has 0 bridgehead atoms. The summed E-state index contributed by atoms with van der Waals surface area (Å²) in [5.41, 5.74) is -0.266. The Balaban J connectivity index is 2.68. The fourth-order valence-corrected chi connectivity index (χ4v) is 2.42. The predicted octanol–water partition coefficient (Wildman–Crippen LogP) is 0.995. The smallest absolute Gasteiger partial charge is 0.230 e. The summed E-state index contributed by atoms with van der Waals surface area (Å²) in [7, 11) is 0. The van der Waals surface area contributed by atoms with Gasteiger partial charge < -0.3 is 15.3 Å². The second-order valence-electron chi connectivity index (χ2n) is 5.51. The second kappa shape index (κ2) is 6.36. The first kappa shape index (κ1) is 14.5. The summed E-state index contributed by atoms with van der Waals surface area (Å²) < 4.78 is 0. The van der Waals surface area contributed by atoms with Crippen LogP contribution in [-0.4, -0.2) is 48.2 Å². The van der Waals surface area contributed by atoms with Crippen LogP contribution in [0.1, 0.15) is 40.0 Å². The second-order valence-corrected chi connectivity index (χ2v) is 5.51. The van der Waals surface area contributed by atoms with E-state index in [1.165, 1.54) is 0 Å². The van der Waals surface area contributed by atoms with Gasteiger partial charge in [0, 0.05) is 25.7 Å². The zero-order valence-corrected chi connectivity index (χ0v) is 11.3. The molecule has 0 aromatic rings. The van der Waals surface area contributed by atoms with Crippen LogP contribution in [0.2, 0.25) is 0 Å². The molecule has 1 atom stereocenters. The molecule has 4 nitrogen and oxygen atoms in total. The number of nitrogens with zero attached hydrogens (tertiary/aromatic N) is 1. The minimum absolute atomic E-state index is 0.144. The van der Waals surface area contributed by atoms with E-state index in [-0.39, 0.29) is 24.0 Å². The first-order valence-corrected chi connectivity index (χ1v) is 6.64. The average Bonchev–Trinajstić information content (AvgIpc) is 2.30. The van der Waals surface area contributed by atoms with Gasteiger partial charge in [0.15, 0.2) is 0 Å². The fraction of sp³-hybridized carbons (Fsp3) is 0.923. The van der Waals surface area contributed by atoms with Crippen LogP contribution in [0.3, 0.4) is 0 Å². The van der Waals surface area contributed by atoms with Gasteiger partial charge in [0.2, 0.25) is 5.91 Å². The molecule has 1 unspecified atom stereocenters. The number of piperidine rings is 1. The third kappa shape index (κ3) is 3.68. The van der Waals surface area contributed by atoms with Crippen LogP contribution in [0.25, 0.3) is 0 Å². The molecule has 1 saturated heterocycles. The fourth-order valence-electron chi connectivity index (χ4n) is 2.42. The van der Waals surface area contributed by atoms with E-state index in [1.807, 2.05) is 18.7 Å². The highest BCUT2D eigenvalue weighted by molar-refractivity contribution is 5.83. The quantitative estimate of drug-likeness (QED) is 0.756. The van der Waals surface area contributed by atoms with Crippen LogP contribution in [-0.2, 0) is 4.79 Å². The summed E-state index contributed by atoms with van der Waals surface area (Å²) in [6.45, 7) is 8.71. The minimum atomic E-state index is -0.266. The summed E-state index contributed by atoms with van der Waals surface area (Å²) in [5.74, 6) is 0.230. The Kier molecular flexibility index (Phi) is 5.40. The van der Waals surface area contributed by atoms with Crippen molar-refractivity contribution in [3.63, 3.8) is 0 Å². The van der Waals surface area contributed by atoms with E-state index in [4.69, 9.17) is 5.11 Å². The largest absolute Gasteiger partial charge is 0.396 e. The maximum atomic E-state index is 12.6. The molecule has 4 heteroatoms. The van der Waals surface area contributed by atoms with Crippen LogP contribution < -0.4 is 5.32 Å². The third-order valence-corrected chi connectivity index (χ3v) is 3.55. The molecular weight excluding hydrogens is 216 g/mol. The van der Waals surface area contributed by atoms with Gasteiger partial charge in [0.1, 0.15) is 0 Å². The Labute approximate surface area is 104 Å². The Hall–Kier alpha value is -0.610. The van der Waals surface area contributed by atoms with Gasteiger partial charge in [-0.2, -0.15) is 0 Å². The molecule has 1 heterocycles. The molecular formula is C13H26N2O2. The van der Waals surface area contributed by atoms with Gasteiger partial charge >= 0.3 is 0 Å². The van der Waals surface area contributed by atoms with Gasteiger partial charge in [-0.25, -0.2) is 0 Å². The van der Waals surface area contributed by atoms with Crippen molar-refractivity contribution in [2.75, 3.05) is 26.2 Å². The molecule has 1 amide bonds. The molecule has 0 aliphatic carbocycles. The number of carbonyl (C=O) groups is 1. The van der Waals surface area contributed by atoms with Crippen molar-refractivity contribution < 1.29 is 9.90 Å². The lowest BCUT2D eigenvalue weighted by molar-refractivity contribution is -0.144. The number of rotatable bonds is 5. The summed E-state index contributed by atoms with van der Waals surface area (Å²) in [4.78, 5) is 14.5. The van der Waals surface area contributed by atoms with Crippen LogP contribution in [0.15, 0.2) is 0 Å². The van der Waals surface area contributed by atoms with Crippen LogP contribution in [0.5, 0.6) is 0 Å². The van der Waals surface area contributed by atoms with E-state index in [0.29, 0.717) is 13.0 Å². The van der Waals surface area contributed by atoms with Crippen molar-refractivity contribution in [3.8, 4) is 0 Å². The first-order valence-electron chi connectivity index (χ1n) is 6.64. The number of nitrogens with one attached hydrogen (secondary N) is 1. The molecule has 100 valence electrons. The zero-order chi connectivity index (χ0) is 12.9. The molecule has 0 aromatic heterocycles. The van der Waals surface area contributed by atoms with Crippen molar-refractivity contribution in [1.82, 2.24) is 10.2 Å². The standard InChI is InChI=1S/C13H26N2O2/c1-11(2)15(8-5-9-16)12(17)13(3)6-4-7-14-10-13/h11,14,16H,4-10H2,1-3H3. The average molecular weight is 242 g/mol. The van der Waals surface area contributed by atoms with Gasteiger partial charge in [-0.1, -0.05) is 0 Å². The third-order valence-electron chi connectivity index (χ3n) is 3.55. The lowest BCUT2D eigenvalue weighted by Crippen LogP contribution is -2.52. The van der Waals surface area contributed by atoms with Crippen LogP contribution in [0, 0.1) is 5.41 Å². The molecule has 0 spiro atoms. The molecule has 0 aromatic carbocycles. The number of aliphatic hydroxyl groups excluding tert-OH is 1. The number of aliphatic hydroxyl groups is 1. The molecule has 0 radical (unpaired) electrons. The number of hydrogen-bond donors (Lipinski definition) is 2. The maximum absolute atomic E-state index is 12.6. The first-order chi connectivity index (χ1) is 8.01. The van der Waals surface area contributed by atoms with Crippen molar-refractivity contribution >= 4 is 5.91 Å². The van der Waals surface area contributed by atoms with E-state index in [9.17, 15) is 4.79 Å². The van der Waals surface area contributed by atoms with E-state index >= 15 is 0 Å². The molecule has 17 heavy (non-hydrogen) atoms. The van der Waals surface area contributed by atoms with Gasteiger partial charge in [0.25, 0.3) is 0 Å². The predicted molar refractivity (Wildman–Crippen MR) is 68.8 cm³/mol. The van der Waals surface area contributed by atoms with Crippen LogP contribution in [0.4, 0.5) is 0 Å². The lowest BCUT2D eigenvalue weighted by atomic mass is 9.81. The number of hydrogen-bond acceptors (Lipinski definition) is 3. The van der Waals surface area contributed by atoms with Gasteiger partial charge in [-0.15, -0.1) is 0 Å². The molecule has 1 aliphatic rings. The van der Waals surface area contributed by atoms with E-state index in [0.717, 1.165) is 25.9 Å². The highest BCUT2D eigenvalue weighted by Gasteiger charge is 2.38. The van der Waals surface area contributed by atoms with E-state index < -0.39 is 0 Å². The Morgan fingerprint density at radius 3 is 2.71 bits per heavy atom. The molecule has 1 rings (SSSR count). The minimum Gasteiger partial charge on any atom is -0.396 e. The van der Waals surface area contributed by atoms with Gasteiger partial charge in [0.05, 0.1) is 5.41 Å². The van der Waals surface area contributed by atoms with Crippen molar-refractivity contribution in [2.45, 2.75) is 46.1 Å². The zero-order valence-electron chi connectivity index (χ0n) is 11.3. The van der Waals surface area contributed by atoms with Gasteiger partial charge in [-0.05, 0) is 46.6 Å². The molecule has 1 aliphatic heterocycles. The van der Waals surface area contributed by atoms with Crippen molar-refractivity contribution in [1.29, 1.82) is 0 Å². The summed E-state index contributed by atoms with van der Waals surface area (Å²) in [6, 6.07) is 0.202. The monoisotopic (exact) mass is 242 g/mol. The normalized spacial score (nSPS) is 25.0. The lowest BCUT2D eigenvalue weighted by Gasteiger charge is -2.39. The Bertz CT molecular complexity index is 248. The molecule has 1 fully saturated rings. The molecule has 2 N–H and O–H groups in total. The highest BCUT2D eigenvalue weighted by atomic mass is 16.3. The molecule has 0 saturated carbocycles. The van der Waals surface area contributed by atoms with Crippen molar-refractivity contribution in [3.05, 3.63) is 0 Å². The summed E-state index contributed by atoms with van der Waals surface area (Å²) in [5, 5.41) is 12.2. The maximum Gasteiger partial charge on any atom is 0.230 e. The summed E-state index contributed by atoms with van der Waals surface area (Å²) in [6.07, 6.45) is 2.68. The Morgan fingerprint density at radius 2 is 2.24 bits per heavy atom. The number of amides is 1. The number of carbonyl (C=O) groups excluding carboxylic acids is 1. The summed E-state index contributed by atoms with van der Waals surface area (Å²) >= 11 is 0. The Morgan fingerprint density at radius 1 is 1.53 bits per heavy atom.